The van der Waals surface area contributed by atoms with Gasteiger partial charge in [-0.1, -0.05) is 55.5 Å². The van der Waals surface area contributed by atoms with Crippen molar-refractivity contribution in [2.75, 3.05) is 0 Å². The van der Waals surface area contributed by atoms with Crippen LogP contribution in [-0.4, -0.2) is 25.9 Å². The molecule has 0 radical (unpaired) electrons. The Bertz CT molecular complexity index is 825. The Morgan fingerprint density at radius 1 is 1.16 bits per heavy atom. The fourth-order valence-corrected chi connectivity index (χ4v) is 4.30. The molecule has 7 heteroatoms. The predicted octanol–water partition coefficient (Wildman–Crippen LogP) is 2.92. The van der Waals surface area contributed by atoms with Crippen molar-refractivity contribution in [3.63, 3.8) is 0 Å². The summed E-state index contributed by atoms with van der Waals surface area (Å²) < 4.78 is 1.92. The van der Waals surface area contributed by atoms with Gasteiger partial charge < -0.3 is 0 Å². The van der Waals surface area contributed by atoms with Crippen LogP contribution < -0.4 is 10.9 Å². The van der Waals surface area contributed by atoms with Gasteiger partial charge in [0.15, 0.2) is 5.82 Å². The van der Waals surface area contributed by atoms with Gasteiger partial charge in [0.1, 0.15) is 5.01 Å². The van der Waals surface area contributed by atoms with Crippen molar-refractivity contribution in [2.24, 2.45) is 5.92 Å². The maximum Gasteiger partial charge on any atom is 0.234 e. The molecule has 1 fully saturated rings. The van der Waals surface area contributed by atoms with Gasteiger partial charge in [0.05, 0.1) is 6.04 Å². The Labute approximate surface area is 151 Å². The maximum absolute atomic E-state index is 4.79. The summed E-state index contributed by atoms with van der Waals surface area (Å²) in [6.07, 6.45) is 4.05. The van der Waals surface area contributed by atoms with Crippen LogP contribution in [0.3, 0.4) is 0 Å². The van der Waals surface area contributed by atoms with E-state index in [4.69, 9.17) is 5.10 Å². The summed E-state index contributed by atoms with van der Waals surface area (Å²) in [5.41, 5.74) is 8.11. The summed E-state index contributed by atoms with van der Waals surface area (Å²) in [7, 11) is 0. The van der Waals surface area contributed by atoms with Crippen LogP contribution in [0.15, 0.2) is 30.3 Å². The molecule has 132 valence electrons. The Morgan fingerprint density at radius 3 is 2.80 bits per heavy atom. The SMILES string of the molecule is CC(C)CC1CC(c2nn3c(CCc4ccccc4)nnc3s2)NN1. The number of aromatic nitrogens is 4. The van der Waals surface area contributed by atoms with E-state index in [0.29, 0.717) is 12.0 Å². The fraction of sp³-hybridized carbons (Fsp3) is 0.500. The van der Waals surface area contributed by atoms with Gasteiger partial charge in [-0.2, -0.15) is 9.61 Å². The van der Waals surface area contributed by atoms with Crippen molar-refractivity contribution in [3.8, 4) is 0 Å². The number of nitrogens with zero attached hydrogens (tertiary/aromatic N) is 4. The zero-order chi connectivity index (χ0) is 17.2. The maximum atomic E-state index is 4.79. The number of nitrogens with one attached hydrogen (secondary N) is 2. The first-order chi connectivity index (χ1) is 12.2. The molecule has 1 aliphatic rings. The lowest BCUT2D eigenvalue weighted by molar-refractivity contribution is 0.446. The second-order valence-electron chi connectivity index (χ2n) is 7.14. The molecule has 1 saturated heterocycles. The molecule has 2 unspecified atom stereocenters. The first kappa shape index (κ1) is 16.6. The van der Waals surface area contributed by atoms with Crippen molar-refractivity contribution >= 4 is 16.3 Å². The van der Waals surface area contributed by atoms with E-state index < -0.39 is 0 Å². The smallest absolute Gasteiger partial charge is 0.234 e. The highest BCUT2D eigenvalue weighted by atomic mass is 32.1. The molecule has 6 nitrogen and oxygen atoms in total. The van der Waals surface area contributed by atoms with Crippen LogP contribution in [0.25, 0.3) is 4.96 Å². The zero-order valence-electron chi connectivity index (χ0n) is 14.6. The topological polar surface area (TPSA) is 67.1 Å². The molecule has 3 aromatic rings. The van der Waals surface area contributed by atoms with Gasteiger partial charge in [0.2, 0.25) is 4.96 Å². The normalized spacial score (nSPS) is 20.8. The monoisotopic (exact) mass is 356 g/mol. The molecule has 0 spiro atoms. The number of rotatable bonds is 6. The van der Waals surface area contributed by atoms with E-state index in [9.17, 15) is 0 Å². The van der Waals surface area contributed by atoms with Gasteiger partial charge in [0.25, 0.3) is 0 Å². The Kier molecular flexibility index (Phi) is 4.78. The largest absolute Gasteiger partial charge is 0.254 e. The molecule has 25 heavy (non-hydrogen) atoms. The van der Waals surface area contributed by atoms with Crippen LogP contribution in [0, 0.1) is 5.92 Å². The molecule has 2 N–H and O–H groups in total. The highest BCUT2D eigenvalue weighted by molar-refractivity contribution is 7.16. The molecule has 1 aliphatic heterocycles. The van der Waals surface area contributed by atoms with Gasteiger partial charge in [-0.25, -0.2) is 5.43 Å². The van der Waals surface area contributed by atoms with Crippen molar-refractivity contribution < 1.29 is 0 Å². The highest BCUT2D eigenvalue weighted by Crippen LogP contribution is 2.28. The lowest BCUT2D eigenvalue weighted by Gasteiger charge is -2.10. The highest BCUT2D eigenvalue weighted by Gasteiger charge is 2.28. The average Bonchev–Trinajstić information content (AvgIpc) is 3.29. The van der Waals surface area contributed by atoms with Crippen LogP contribution >= 0.6 is 11.3 Å². The third kappa shape index (κ3) is 3.73. The summed E-state index contributed by atoms with van der Waals surface area (Å²) in [6, 6.07) is 11.3. The molecule has 1 aromatic carbocycles. The Balaban J connectivity index is 1.45. The quantitative estimate of drug-likeness (QED) is 0.711. The molecule has 0 saturated carbocycles. The second kappa shape index (κ2) is 7.19. The number of aryl methyl sites for hydroxylation is 2. The van der Waals surface area contributed by atoms with E-state index in [0.717, 1.165) is 35.1 Å². The zero-order valence-corrected chi connectivity index (χ0v) is 15.5. The Hall–Kier alpha value is -1.83. The van der Waals surface area contributed by atoms with E-state index in [1.54, 1.807) is 11.3 Å². The van der Waals surface area contributed by atoms with Crippen molar-refractivity contribution in [3.05, 3.63) is 46.7 Å². The van der Waals surface area contributed by atoms with Crippen molar-refractivity contribution in [1.29, 1.82) is 0 Å². The average molecular weight is 356 g/mol. The summed E-state index contributed by atoms with van der Waals surface area (Å²) in [5, 5.41) is 14.5. The van der Waals surface area contributed by atoms with Crippen molar-refractivity contribution in [1.82, 2.24) is 30.7 Å². The van der Waals surface area contributed by atoms with Crippen molar-refractivity contribution in [2.45, 2.75) is 51.6 Å². The molecule has 2 atom stereocenters. The molecule has 4 rings (SSSR count). The van der Waals surface area contributed by atoms with Crippen LogP contribution in [-0.2, 0) is 12.8 Å². The predicted molar refractivity (Wildman–Crippen MR) is 99.4 cm³/mol. The standard InChI is InChI=1S/C18H24N6S/c1-12(2)10-14-11-15(20-19-14)17-23-24-16(21-22-18(24)25-17)9-8-13-6-4-3-5-7-13/h3-7,12,14-15,19-20H,8-11H2,1-2H3. The Morgan fingerprint density at radius 2 is 2.00 bits per heavy atom. The van der Waals surface area contributed by atoms with Gasteiger partial charge in [-0.05, 0) is 30.7 Å². The van der Waals surface area contributed by atoms with E-state index in [-0.39, 0.29) is 6.04 Å². The van der Waals surface area contributed by atoms with Gasteiger partial charge in [-0.15, -0.1) is 10.2 Å². The number of hydrogen-bond donors (Lipinski definition) is 2. The van der Waals surface area contributed by atoms with Gasteiger partial charge in [0, 0.05) is 12.5 Å². The first-order valence-electron chi connectivity index (χ1n) is 8.95. The van der Waals surface area contributed by atoms with E-state index in [1.807, 2.05) is 10.6 Å². The minimum atomic E-state index is 0.262. The van der Waals surface area contributed by atoms with Crippen LogP contribution in [0.5, 0.6) is 0 Å². The lowest BCUT2D eigenvalue weighted by Crippen LogP contribution is -2.31. The van der Waals surface area contributed by atoms with E-state index in [1.165, 1.54) is 12.0 Å². The molecule has 0 bridgehead atoms. The summed E-state index contributed by atoms with van der Waals surface area (Å²) in [5.74, 6) is 1.63. The number of hydrogen-bond acceptors (Lipinski definition) is 6. The third-order valence-corrected chi connectivity index (χ3v) is 5.60. The third-order valence-electron chi connectivity index (χ3n) is 4.59. The molecule has 0 aliphatic carbocycles. The number of benzene rings is 1. The molecule has 3 heterocycles. The molecular weight excluding hydrogens is 332 g/mol. The van der Waals surface area contributed by atoms with Crippen LogP contribution in [0.1, 0.15) is 49.1 Å². The second-order valence-corrected chi connectivity index (χ2v) is 8.13. The number of hydrazine groups is 1. The van der Waals surface area contributed by atoms with Crippen LogP contribution in [0.4, 0.5) is 0 Å². The molecular formula is C18H24N6S. The minimum absolute atomic E-state index is 0.262. The van der Waals surface area contributed by atoms with E-state index in [2.05, 4.69) is 59.2 Å². The first-order valence-corrected chi connectivity index (χ1v) is 9.76. The number of fused-ring (bicyclic) bond motifs is 1. The lowest BCUT2D eigenvalue weighted by atomic mass is 10.0. The summed E-state index contributed by atoms with van der Waals surface area (Å²) in [4.78, 5) is 0.882. The van der Waals surface area contributed by atoms with E-state index >= 15 is 0 Å². The molecule has 0 amide bonds. The van der Waals surface area contributed by atoms with Crippen LogP contribution in [0.2, 0.25) is 0 Å². The summed E-state index contributed by atoms with van der Waals surface area (Å²) >= 11 is 1.63. The van der Waals surface area contributed by atoms with Gasteiger partial charge in [-0.3, -0.25) is 5.43 Å². The van der Waals surface area contributed by atoms with Gasteiger partial charge >= 0.3 is 0 Å². The summed E-state index contributed by atoms with van der Waals surface area (Å²) in [6.45, 7) is 4.52. The fourth-order valence-electron chi connectivity index (χ4n) is 3.38. The molecule has 2 aromatic heterocycles. The minimum Gasteiger partial charge on any atom is -0.254 e.